The number of rotatable bonds is 6. The molecule has 1 heterocycles. The normalized spacial score (nSPS) is 11.0. The highest BCUT2D eigenvalue weighted by Gasteiger charge is 2.19. The maximum absolute atomic E-state index is 13.9. The Kier molecular flexibility index (Phi) is 4.79. The highest BCUT2D eigenvalue weighted by molar-refractivity contribution is 5.56. The molecule has 0 fully saturated rings. The minimum absolute atomic E-state index is 0.116. The lowest BCUT2D eigenvalue weighted by Gasteiger charge is -2.02. The molecule has 0 amide bonds. The fourth-order valence-electron chi connectivity index (χ4n) is 1.81. The van der Waals surface area contributed by atoms with Crippen molar-refractivity contribution >= 4 is 0 Å². The topological polar surface area (TPSA) is 51.0 Å². The first-order valence-corrected chi connectivity index (χ1v) is 6.61. The van der Waals surface area contributed by atoms with Crippen molar-refractivity contribution in [3.05, 3.63) is 35.2 Å². The molecule has 4 nitrogen and oxygen atoms in total. The third-order valence-corrected chi connectivity index (χ3v) is 2.91. The van der Waals surface area contributed by atoms with Gasteiger partial charge in [0.1, 0.15) is 17.2 Å². The van der Waals surface area contributed by atoms with Crippen molar-refractivity contribution in [1.29, 1.82) is 0 Å². The monoisotopic (exact) mass is 281 g/mol. The van der Waals surface area contributed by atoms with Crippen LogP contribution in [-0.2, 0) is 6.42 Å². The molecule has 1 aromatic carbocycles. The summed E-state index contributed by atoms with van der Waals surface area (Å²) in [4.78, 5) is 0. The van der Waals surface area contributed by atoms with Crippen molar-refractivity contribution in [3.63, 3.8) is 0 Å². The van der Waals surface area contributed by atoms with Crippen LogP contribution in [0.15, 0.2) is 16.5 Å². The summed E-state index contributed by atoms with van der Waals surface area (Å²) >= 11 is 0. The molecule has 0 bridgehead atoms. The van der Waals surface area contributed by atoms with Crippen LogP contribution in [0.4, 0.5) is 8.78 Å². The summed E-state index contributed by atoms with van der Waals surface area (Å²) in [6.07, 6.45) is 1.57. The van der Waals surface area contributed by atoms with Crippen molar-refractivity contribution in [2.45, 2.75) is 26.7 Å². The van der Waals surface area contributed by atoms with Crippen LogP contribution in [0.2, 0.25) is 0 Å². The summed E-state index contributed by atoms with van der Waals surface area (Å²) in [6, 6.07) is 2.57. The van der Waals surface area contributed by atoms with Crippen LogP contribution in [0.25, 0.3) is 11.5 Å². The average molecular weight is 281 g/mol. The molecule has 1 N–H and O–H groups in total. The second-order valence-electron chi connectivity index (χ2n) is 4.55. The molecular weight excluding hydrogens is 264 g/mol. The Bertz CT molecular complexity index is 584. The lowest BCUT2D eigenvalue weighted by Crippen LogP contribution is -2.17. The fraction of sp³-hybridized carbons (Fsp3) is 0.429. The van der Waals surface area contributed by atoms with Gasteiger partial charge in [-0.25, -0.2) is 8.78 Å². The maximum atomic E-state index is 13.9. The number of nitrogens with zero attached hydrogens (tertiary/aromatic N) is 2. The molecule has 0 radical (unpaired) electrons. The first-order chi connectivity index (χ1) is 9.63. The molecule has 0 aliphatic carbocycles. The van der Waals surface area contributed by atoms with Crippen LogP contribution in [0.5, 0.6) is 0 Å². The van der Waals surface area contributed by atoms with Gasteiger partial charge in [-0.05, 0) is 31.5 Å². The van der Waals surface area contributed by atoms with Crippen molar-refractivity contribution in [2.75, 3.05) is 13.1 Å². The highest BCUT2D eigenvalue weighted by atomic mass is 19.1. The maximum Gasteiger partial charge on any atom is 0.253 e. The number of aryl methyl sites for hydroxylation is 1. The number of nitrogens with one attached hydrogen (secondary N) is 1. The van der Waals surface area contributed by atoms with Gasteiger partial charge in [-0.15, -0.1) is 10.2 Å². The molecule has 0 aliphatic rings. The molecule has 2 aromatic rings. The molecule has 0 atom stereocenters. The molecule has 0 unspecified atom stereocenters. The molecule has 20 heavy (non-hydrogen) atoms. The van der Waals surface area contributed by atoms with Gasteiger partial charge in [-0.3, -0.25) is 0 Å². The predicted octanol–water partition coefficient (Wildman–Crippen LogP) is 2.87. The molecule has 0 aliphatic heterocycles. The van der Waals surface area contributed by atoms with Gasteiger partial charge in [0.05, 0.1) is 0 Å². The van der Waals surface area contributed by atoms with E-state index < -0.39 is 11.6 Å². The number of benzene rings is 1. The summed E-state index contributed by atoms with van der Waals surface area (Å²) in [6.45, 7) is 5.22. The van der Waals surface area contributed by atoms with E-state index in [0.29, 0.717) is 24.4 Å². The predicted molar refractivity (Wildman–Crippen MR) is 71.3 cm³/mol. The van der Waals surface area contributed by atoms with Crippen LogP contribution in [-0.4, -0.2) is 23.3 Å². The number of hydrogen-bond acceptors (Lipinski definition) is 4. The van der Waals surface area contributed by atoms with Crippen LogP contribution in [0.1, 0.15) is 24.8 Å². The van der Waals surface area contributed by atoms with Gasteiger partial charge >= 0.3 is 0 Å². The SMILES string of the molecule is CCCNCCc1nnc(-c2c(F)ccc(C)c2F)o1. The van der Waals surface area contributed by atoms with Crippen molar-refractivity contribution in [1.82, 2.24) is 15.5 Å². The van der Waals surface area contributed by atoms with Crippen LogP contribution in [0.3, 0.4) is 0 Å². The van der Waals surface area contributed by atoms with E-state index in [1.807, 2.05) is 0 Å². The molecule has 0 saturated heterocycles. The van der Waals surface area contributed by atoms with Crippen LogP contribution >= 0.6 is 0 Å². The van der Waals surface area contributed by atoms with E-state index in [1.54, 1.807) is 6.92 Å². The highest BCUT2D eigenvalue weighted by Crippen LogP contribution is 2.26. The minimum atomic E-state index is -0.701. The first-order valence-electron chi connectivity index (χ1n) is 6.61. The second-order valence-corrected chi connectivity index (χ2v) is 4.55. The smallest absolute Gasteiger partial charge is 0.253 e. The molecule has 0 spiro atoms. The second kappa shape index (κ2) is 6.56. The summed E-state index contributed by atoms with van der Waals surface area (Å²) < 4.78 is 33.0. The van der Waals surface area contributed by atoms with Gasteiger partial charge in [0, 0.05) is 13.0 Å². The van der Waals surface area contributed by atoms with E-state index in [9.17, 15) is 8.78 Å². The third kappa shape index (κ3) is 3.19. The number of halogens is 2. The quantitative estimate of drug-likeness (QED) is 0.827. The molecule has 0 saturated carbocycles. The zero-order valence-electron chi connectivity index (χ0n) is 11.5. The Morgan fingerprint density at radius 3 is 2.75 bits per heavy atom. The van der Waals surface area contributed by atoms with Gasteiger partial charge in [-0.1, -0.05) is 13.0 Å². The van der Waals surface area contributed by atoms with Crippen LogP contribution < -0.4 is 5.32 Å². The van der Waals surface area contributed by atoms with Gasteiger partial charge < -0.3 is 9.73 Å². The Morgan fingerprint density at radius 1 is 1.20 bits per heavy atom. The summed E-state index contributed by atoms with van der Waals surface area (Å²) in [5.74, 6) is -1.12. The first kappa shape index (κ1) is 14.6. The molecule has 108 valence electrons. The minimum Gasteiger partial charge on any atom is -0.420 e. The van der Waals surface area contributed by atoms with Gasteiger partial charge in [0.15, 0.2) is 0 Å². The summed E-state index contributed by atoms with van der Waals surface area (Å²) in [7, 11) is 0. The van der Waals surface area contributed by atoms with Gasteiger partial charge in [-0.2, -0.15) is 0 Å². The lowest BCUT2D eigenvalue weighted by atomic mass is 10.1. The Balaban J connectivity index is 2.15. The molecule has 6 heteroatoms. The largest absolute Gasteiger partial charge is 0.420 e. The van der Waals surface area contributed by atoms with Crippen molar-refractivity contribution in [3.8, 4) is 11.5 Å². The zero-order chi connectivity index (χ0) is 14.5. The summed E-state index contributed by atoms with van der Waals surface area (Å²) in [5, 5.41) is 10.7. The lowest BCUT2D eigenvalue weighted by molar-refractivity contribution is 0.485. The number of aromatic nitrogens is 2. The van der Waals surface area contributed by atoms with Gasteiger partial charge in [0.25, 0.3) is 5.89 Å². The van der Waals surface area contributed by atoms with E-state index in [-0.39, 0.29) is 11.5 Å². The van der Waals surface area contributed by atoms with Crippen LogP contribution in [0, 0.1) is 18.6 Å². The van der Waals surface area contributed by atoms with Crippen molar-refractivity contribution < 1.29 is 13.2 Å². The Hall–Kier alpha value is -1.82. The van der Waals surface area contributed by atoms with E-state index in [0.717, 1.165) is 13.0 Å². The molecular formula is C14H17F2N3O. The Morgan fingerprint density at radius 2 is 2.00 bits per heavy atom. The van der Waals surface area contributed by atoms with E-state index in [1.165, 1.54) is 12.1 Å². The fourth-order valence-corrected chi connectivity index (χ4v) is 1.81. The van der Waals surface area contributed by atoms with Crippen molar-refractivity contribution in [2.24, 2.45) is 0 Å². The van der Waals surface area contributed by atoms with E-state index >= 15 is 0 Å². The third-order valence-electron chi connectivity index (χ3n) is 2.91. The van der Waals surface area contributed by atoms with E-state index in [2.05, 4.69) is 22.4 Å². The number of hydrogen-bond donors (Lipinski definition) is 1. The van der Waals surface area contributed by atoms with Gasteiger partial charge in [0.2, 0.25) is 5.89 Å². The average Bonchev–Trinajstić information content (AvgIpc) is 2.88. The summed E-state index contributed by atoms with van der Waals surface area (Å²) in [5.41, 5.74) is 0.0797. The Labute approximate surface area is 116 Å². The standard InChI is InChI=1S/C14H17F2N3O/c1-3-7-17-8-6-11-18-19-14(20-11)12-10(15)5-4-9(2)13(12)16/h4-5,17H,3,6-8H2,1-2H3. The molecule has 2 rings (SSSR count). The van der Waals surface area contributed by atoms with E-state index in [4.69, 9.17) is 4.42 Å². The zero-order valence-corrected chi connectivity index (χ0v) is 11.5. The molecule has 1 aromatic heterocycles.